The number of anilines is 2. The topological polar surface area (TPSA) is 64.3 Å². The summed E-state index contributed by atoms with van der Waals surface area (Å²) in [6.07, 6.45) is 0.427. The first-order valence-electron chi connectivity index (χ1n) is 7.30. The number of amides is 1. The summed E-state index contributed by atoms with van der Waals surface area (Å²) in [4.78, 5) is 12.2. The maximum Gasteiger partial charge on any atom is 0.224 e. The van der Waals surface area contributed by atoms with Crippen molar-refractivity contribution in [3.8, 4) is 5.75 Å². The van der Waals surface area contributed by atoms with Gasteiger partial charge in [0.25, 0.3) is 0 Å². The molecule has 0 spiro atoms. The molecule has 1 unspecified atom stereocenters. The minimum atomic E-state index is -0.0275. The Morgan fingerprint density at radius 2 is 1.96 bits per heavy atom. The molecule has 1 amide bonds. The van der Waals surface area contributed by atoms with Gasteiger partial charge in [-0.15, -0.1) is 12.4 Å². The van der Waals surface area contributed by atoms with Gasteiger partial charge in [0.05, 0.1) is 12.8 Å². The quantitative estimate of drug-likeness (QED) is 0.808. The number of nitrogen functional groups attached to an aromatic ring is 1. The number of hydrogen-bond acceptors (Lipinski definition) is 3. The number of nitrogens with two attached hydrogens (primary N) is 1. The van der Waals surface area contributed by atoms with Crippen molar-refractivity contribution in [2.45, 2.75) is 26.2 Å². The van der Waals surface area contributed by atoms with Crippen LogP contribution in [0, 0.1) is 6.92 Å². The van der Waals surface area contributed by atoms with Gasteiger partial charge < -0.3 is 15.8 Å². The number of carbonyl (C=O) groups is 1. The van der Waals surface area contributed by atoms with E-state index >= 15 is 0 Å². The average Bonchev–Trinajstić information content (AvgIpc) is 2.47. The third-order valence-electron chi connectivity index (χ3n) is 3.72. The van der Waals surface area contributed by atoms with Gasteiger partial charge in [-0.05, 0) is 42.2 Å². The normalized spacial score (nSPS) is 11.3. The minimum Gasteiger partial charge on any atom is -0.495 e. The SMILES string of the molecule is COc1ccc(NC(=O)CC(C)c2ccccc2C)cc1N.Cl. The standard InChI is InChI=1S/C18H22N2O2.ClH/c1-12-6-4-5-7-15(12)13(2)10-18(21)20-14-8-9-17(22-3)16(19)11-14;/h4-9,11,13H,10,19H2,1-3H3,(H,20,21);1H. The highest BCUT2D eigenvalue weighted by molar-refractivity contribution is 5.92. The number of methoxy groups -OCH3 is 1. The largest absolute Gasteiger partial charge is 0.495 e. The van der Waals surface area contributed by atoms with Crippen LogP contribution in [0.5, 0.6) is 5.75 Å². The van der Waals surface area contributed by atoms with Crippen molar-refractivity contribution in [1.29, 1.82) is 0 Å². The Bertz CT molecular complexity index is 674. The van der Waals surface area contributed by atoms with Crippen LogP contribution in [0.4, 0.5) is 11.4 Å². The number of hydrogen-bond donors (Lipinski definition) is 2. The summed E-state index contributed by atoms with van der Waals surface area (Å²) in [5, 5.41) is 2.88. The molecule has 0 aliphatic carbocycles. The van der Waals surface area contributed by atoms with E-state index in [1.807, 2.05) is 12.1 Å². The van der Waals surface area contributed by atoms with Gasteiger partial charge in [0.2, 0.25) is 5.91 Å². The van der Waals surface area contributed by atoms with Crippen LogP contribution in [0.25, 0.3) is 0 Å². The molecular weight excluding hydrogens is 312 g/mol. The molecule has 0 bridgehead atoms. The fourth-order valence-corrected chi connectivity index (χ4v) is 2.55. The van der Waals surface area contributed by atoms with Crippen molar-refractivity contribution in [2.75, 3.05) is 18.2 Å². The zero-order valence-corrected chi connectivity index (χ0v) is 14.4. The first kappa shape index (κ1) is 18.8. The molecule has 124 valence electrons. The molecule has 1 atom stereocenters. The number of rotatable bonds is 5. The van der Waals surface area contributed by atoms with Crippen LogP contribution in [-0.2, 0) is 4.79 Å². The highest BCUT2D eigenvalue weighted by atomic mass is 35.5. The fourth-order valence-electron chi connectivity index (χ4n) is 2.55. The van der Waals surface area contributed by atoms with E-state index < -0.39 is 0 Å². The molecule has 0 saturated carbocycles. The average molecular weight is 335 g/mol. The predicted octanol–water partition coefficient (Wildman–Crippen LogP) is 4.14. The molecule has 0 aliphatic rings. The van der Waals surface area contributed by atoms with Crippen LogP contribution < -0.4 is 15.8 Å². The molecule has 4 nitrogen and oxygen atoms in total. The van der Waals surface area contributed by atoms with E-state index in [2.05, 4.69) is 31.3 Å². The van der Waals surface area contributed by atoms with Crippen molar-refractivity contribution in [1.82, 2.24) is 0 Å². The molecule has 0 radical (unpaired) electrons. The maximum atomic E-state index is 12.2. The second kappa shape index (κ2) is 8.44. The van der Waals surface area contributed by atoms with Gasteiger partial charge in [0, 0.05) is 12.1 Å². The Morgan fingerprint density at radius 3 is 2.57 bits per heavy atom. The predicted molar refractivity (Wildman–Crippen MR) is 97.5 cm³/mol. The van der Waals surface area contributed by atoms with Crippen molar-refractivity contribution in [3.63, 3.8) is 0 Å². The molecular formula is C18H23ClN2O2. The van der Waals surface area contributed by atoms with Gasteiger partial charge >= 0.3 is 0 Å². The molecule has 0 saturated heterocycles. The Balaban J connectivity index is 0.00000264. The molecule has 2 aromatic rings. The lowest BCUT2D eigenvalue weighted by Crippen LogP contribution is -2.15. The van der Waals surface area contributed by atoms with Gasteiger partial charge in [0.1, 0.15) is 5.75 Å². The van der Waals surface area contributed by atoms with E-state index in [1.165, 1.54) is 11.1 Å². The van der Waals surface area contributed by atoms with Crippen LogP contribution in [0.2, 0.25) is 0 Å². The highest BCUT2D eigenvalue weighted by Gasteiger charge is 2.13. The Labute approximate surface area is 143 Å². The van der Waals surface area contributed by atoms with E-state index in [1.54, 1.807) is 25.3 Å². The fraction of sp³-hybridized carbons (Fsp3) is 0.278. The van der Waals surface area contributed by atoms with E-state index in [9.17, 15) is 4.79 Å². The van der Waals surface area contributed by atoms with Crippen molar-refractivity contribution < 1.29 is 9.53 Å². The Hall–Kier alpha value is -2.20. The van der Waals surface area contributed by atoms with Gasteiger partial charge in [-0.3, -0.25) is 4.79 Å². The summed E-state index contributed by atoms with van der Waals surface area (Å²) < 4.78 is 5.10. The molecule has 23 heavy (non-hydrogen) atoms. The number of halogens is 1. The van der Waals surface area contributed by atoms with Crippen molar-refractivity contribution in [2.24, 2.45) is 0 Å². The van der Waals surface area contributed by atoms with Crippen LogP contribution in [-0.4, -0.2) is 13.0 Å². The minimum absolute atomic E-state index is 0. The molecule has 2 aromatic carbocycles. The van der Waals surface area contributed by atoms with E-state index in [4.69, 9.17) is 10.5 Å². The van der Waals surface area contributed by atoms with Gasteiger partial charge in [-0.25, -0.2) is 0 Å². The van der Waals surface area contributed by atoms with Gasteiger partial charge in [0.15, 0.2) is 0 Å². The van der Waals surface area contributed by atoms with E-state index in [-0.39, 0.29) is 24.2 Å². The van der Waals surface area contributed by atoms with Crippen LogP contribution in [0.1, 0.15) is 30.4 Å². The molecule has 0 aliphatic heterocycles. The second-order valence-electron chi connectivity index (χ2n) is 5.47. The van der Waals surface area contributed by atoms with E-state index in [0.29, 0.717) is 23.5 Å². The number of ether oxygens (including phenoxy) is 1. The lowest BCUT2D eigenvalue weighted by Gasteiger charge is -2.15. The molecule has 2 rings (SSSR count). The van der Waals surface area contributed by atoms with Gasteiger partial charge in [-0.2, -0.15) is 0 Å². The molecule has 5 heteroatoms. The second-order valence-corrected chi connectivity index (χ2v) is 5.47. The number of benzene rings is 2. The molecule has 0 fully saturated rings. The van der Waals surface area contributed by atoms with Crippen LogP contribution in [0.3, 0.4) is 0 Å². The molecule has 0 heterocycles. The Kier molecular flexibility index (Phi) is 6.91. The summed E-state index contributed by atoms with van der Waals surface area (Å²) in [5.41, 5.74) is 9.44. The first-order chi connectivity index (χ1) is 10.5. The number of carbonyl (C=O) groups excluding carboxylic acids is 1. The van der Waals surface area contributed by atoms with Crippen molar-refractivity contribution in [3.05, 3.63) is 53.6 Å². The third-order valence-corrected chi connectivity index (χ3v) is 3.72. The van der Waals surface area contributed by atoms with Crippen LogP contribution in [0.15, 0.2) is 42.5 Å². The summed E-state index contributed by atoms with van der Waals surface area (Å²) >= 11 is 0. The lowest BCUT2D eigenvalue weighted by molar-refractivity contribution is -0.116. The van der Waals surface area contributed by atoms with Gasteiger partial charge in [-0.1, -0.05) is 31.2 Å². The summed E-state index contributed by atoms with van der Waals surface area (Å²) in [6.45, 7) is 4.12. The zero-order valence-electron chi connectivity index (χ0n) is 13.6. The highest BCUT2D eigenvalue weighted by Crippen LogP contribution is 2.26. The maximum absolute atomic E-state index is 12.2. The Morgan fingerprint density at radius 1 is 1.26 bits per heavy atom. The molecule has 3 N–H and O–H groups in total. The summed E-state index contributed by atoms with van der Waals surface area (Å²) in [6, 6.07) is 13.4. The van der Waals surface area contributed by atoms with Crippen LogP contribution >= 0.6 is 12.4 Å². The third kappa shape index (κ3) is 4.89. The monoisotopic (exact) mass is 334 g/mol. The smallest absolute Gasteiger partial charge is 0.224 e. The summed E-state index contributed by atoms with van der Waals surface area (Å²) in [7, 11) is 1.56. The lowest BCUT2D eigenvalue weighted by atomic mass is 9.93. The summed E-state index contributed by atoms with van der Waals surface area (Å²) in [5.74, 6) is 0.739. The zero-order chi connectivity index (χ0) is 16.1. The van der Waals surface area contributed by atoms with E-state index in [0.717, 1.165) is 0 Å². The molecule has 0 aromatic heterocycles. The van der Waals surface area contributed by atoms with Crippen molar-refractivity contribution >= 4 is 29.7 Å². The first-order valence-corrected chi connectivity index (χ1v) is 7.30. The number of nitrogens with one attached hydrogen (secondary N) is 1. The number of aryl methyl sites for hydroxylation is 1.